The van der Waals surface area contributed by atoms with E-state index < -0.39 is 32.6 Å². The number of carbonyl (C=O) groups excluding carboxylic acids is 2. The van der Waals surface area contributed by atoms with Crippen LogP contribution >= 0.6 is 0 Å². The first-order valence-electron chi connectivity index (χ1n) is 10.2. The molecule has 0 aliphatic rings. The molecule has 0 unspecified atom stereocenters. The maximum Gasteiger partial charge on any atom is 0.412 e. The Labute approximate surface area is 197 Å². The van der Waals surface area contributed by atoms with Gasteiger partial charge in [-0.25, -0.2) is 18.2 Å². The zero-order chi connectivity index (χ0) is 24.9. The standard InChI is InChI=1S/C23H25N5O5S/c1-23(2,3)33-22(30)27-17-12-8-11-16(13-17)25-19-18(14-24-21(28-19)34(4,31)32)20(29)26-15-9-6-5-7-10-15/h5-14H,1-4H3,(H,26,29)(H,27,30)(H,24,25,28). The van der Waals surface area contributed by atoms with Crippen LogP contribution in [0.5, 0.6) is 0 Å². The van der Waals surface area contributed by atoms with Crippen molar-refractivity contribution in [2.45, 2.75) is 31.5 Å². The third kappa shape index (κ3) is 7.01. The quantitative estimate of drug-likeness (QED) is 0.443. The Balaban J connectivity index is 1.90. The number of sulfone groups is 1. The Kier molecular flexibility index (Phi) is 7.16. The monoisotopic (exact) mass is 483 g/mol. The Morgan fingerprint density at radius 1 is 0.912 bits per heavy atom. The van der Waals surface area contributed by atoms with Gasteiger partial charge < -0.3 is 15.4 Å². The summed E-state index contributed by atoms with van der Waals surface area (Å²) in [5.74, 6) is -0.546. The highest BCUT2D eigenvalue weighted by Crippen LogP contribution is 2.24. The lowest BCUT2D eigenvalue weighted by Gasteiger charge is -2.20. The molecule has 0 aliphatic carbocycles. The molecule has 1 aromatic heterocycles. The van der Waals surface area contributed by atoms with Gasteiger partial charge in [0.25, 0.3) is 5.91 Å². The fourth-order valence-electron chi connectivity index (χ4n) is 2.76. The van der Waals surface area contributed by atoms with Crippen molar-refractivity contribution in [3.05, 3.63) is 66.4 Å². The molecule has 2 amide bonds. The van der Waals surface area contributed by atoms with Gasteiger partial charge in [-0.05, 0) is 51.1 Å². The number of hydrogen-bond donors (Lipinski definition) is 3. The predicted octanol–water partition coefficient (Wildman–Crippen LogP) is 4.22. The number of hydrogen-bond acceptors (Lipinski definition) is 8. The van der Waals surface area contributed by atoms with Crippen LogP contribution in [0, 0.1) is 0 Å². The molecule has 0 aliphatic heterocycles. The van der Waals surface area contributed by atoms with Gasteiger partial charge in [-0.1, -0.05) is 24.3 Å². The molecular formula is C23H25N5O5S. The fourth-order valence-corrected chi connectivity index (χ4v) is 3.26. The number of ether oxygens (including phenoxy) is 1. The normalized spacial score (nSPS) is 11.4. The average Bonchev–Trinajstić information content (AvgIpc) is 2.72. The third-order valence-electron chi connectivity index (χ3n) is 4.15. The maximum atomic E-state index is 12.9. The molecule has 3 N–H and O–H groups in total. The largest absolute Gasteiger partial charge is 0.444 e. The molecule has 1 heterocycles. The summed E-state index contributed by atoms with van der Waals surface area (Å²) in [6.45, 7) is 5.25. The zero-order valence-electron chi connectivity index (χ0n) is 19.1. The number of para-hydroxylation sites is 1. The van der Waals surface area contributed by atoms with Crippen molar-refractivity contribution in [1.29, 1.82) is 0 Å². The van der Waals surface area contributed by atoms with E-state index in [4.69, 9.17) is 4.74 Å². The summed E-state index contributed by atoms with van der Waals surface area (Å²) in [6, 6.07) is 15.3. The van der Waals surface area contributed by atoms with Gasteiger partial charge in [0.05, 0.1) is 0 Å². The lowest BCUT2D eigenvalue weighted by Crippen LogP contribution is -2.27. The Bertz CT molecular complexity index is 1300. The van der Waals surface area contributed by atoms with E-state index in [0.29, 0.717) is 17.1 Å². The van der Waals surface area contributed by atoms with Gasteiger partial charge in [0.2, 0.25) is 15.0 Å². The van der Waals surface area contributed by atoms with E-state index in [1.54, 1.807) is 69.3 Å². The second kappa shape index (κ2) is 9.87. The molecule has 0 radical (unpaired) electrons. The number of anilines is 4. The van der Waals surface area contributed by atoms with Gasteiger partial charge in [-0.15, -0.1) is 0 Å². The predicted molar refractivity (Wildman–Crippen MR) is 129 cm³/mol. The first kappa shape index (κ1) is 24.6. The summed E-state index contributed by atoms with van der Waals surface area (Å²) in [5, 5.41) is 7.85. The highest BCUT2D eigenvalue weighted by molar-refractivity contribution is 7.90. The summed E-state index contributed by atoms with van der Waals surface area (Å²) in [5.41, 5.74) is 0.785. The van der Waals surface area contributed by atoms with Crippen LogP contribution in [0.15, 0.2) is 66.0 Å². The van der Waals surface area contributed by atoms with E-state index in [0.717, 1.165) is 12.5 Å². The van der Waals surface area contributed by atoms with Crippen molar-refractivity contribution in [2.75, 3.05) is 22.2 Å². The van der Waals surface area contributed by atoms with Gasteiger partial charge in [-0.2, -0.15) is 4.98 Å². The van der Waals surface area contributed by atoms with Crippen LogP contribution in [0.25, 0.3) is 0 Å². The van der Waals surface area contributed by atoms with E-state index >= 15 is 0 Å². The number of nitrogens with one attached hydrogen (secondary N) is 3. The Morgan fingerprint density at radius 3 is 2.21 bits per heavy atom. The molecule has 0 atom stereocenters. The number of rotatable bonds is 6. The first-order valence-corrected chi connectivity index (χ1v) is 12.1. The molecule has 3 aromatic rings. The van der Waals surface area contributed by atoms with Crippen LogP contribution in [0.3, 0.4) is 0 Å². The molecule has 34 heavy (non-hydrogen) atoms. The SMILES string of the molecule is CC(C)(C)OC(=O)Nc1cccc(Nc2nc(S(C)(=O)=O)ncc2C(=O)Nc2ccccc2)c1. The molecule has 3 rings (SSSR count). The Hall–Kier alpha value is -3.99. The van der Waals surface area contributed by atoms with Crippen LogP contribution in [0.2, 0.25) is 0 Å². The van der Waals surface area contributed by atoms with Crippen LogP contribution < -0.4 is 16.0 Å². The minimum Gasteiger partial charge on any atom is -0.444 e. The van der Waals surface area contributed by atoms with Crippen molar-refractivity contribution in [1.82, 2.24) is 9.97 Å². The van der Waals surface area contributed by atoms with Gasteiger partial charge in [0.1, 0.15) is 17.0 Å². The highest BCUT2D eigenvalue weighted by atomic mass is 32.2. The number of nitrogens with zero attached hydrogens (tertiary/aromatic N) is 2. The number of aromatic nitrogens is 2. The van der Waals surface area contributed by atoms with E-state index in [1.165, 1.54) is 0 Å². The van der Waals surface area contributed by atoms with Crippen LogP contribution in [-0.4, -0.2) is 42.2 Å². The Morgan fingerprint density at radius 2 is 1.56 bits per heavy atom. The van der Waals surface area contributed by atoms with Gasteiger partial charge in [0, 0.05) is 29.5 Å². The topological polar surface area (TPSA) is 139 Å². The molecule has 0 spiro atoms. The van der Waals surface area contributed by atoms with Crippen LogP contribution in [-0.2, 0) is 14.6 Å². The van der Waals surface area contributed by atoms with E-state index in [1.807, 2.05) is 6.07 Å². The van der Waals surface area contributed by atoms with E-state index in [9.17, 15) is 18.0 Å². The highest BCUT2D eigenvalue weighted by Gasteiger charge is 2.20. The number of amides is 2. The lowest BCUT2D eigenvalue weighted by atomic mass is 10.2. The molecule has 11 heteroatoms. The summed E-state index contributed by atoms with van der Waals surface area (Å²) >= 11 is 0. The van der Waals surface area contributed by atoms with Crippen LogP contribution in [0.1, 0.15) is 31.1 Å². The molecule has 0 saturated heterocycles. The molecule has 0 saturated carbocycles. The average molecular weight is 484 g/mol. The number of carbonyl (C=O) groups is 2. The van der Waals surface area contributed by atoms with Crippen molar-refractivity contribution in [3.8, 4) is 0 Å². The summed E-state index contributed by atoms with van der Waals surface area (Å²) in [7, 11) is -3.73. The van der Waals surface area contributed by atoms with Crippen molar-refractivity contribution >= 4 is 44.7 Å². The first-order chi connectivity index (χ1) is 15.9. The maximum absolute atomic E-state index is 12.9. The van der Waals surface area contributed by atoms with Crippen molar-refractivity contribution in [3.63, 3.8) is 0 Å². The smallest absolute Gasteiger partial charge is 0.412 e. The molecule has 10 nitrogen and oxygen atoms in total. The molecule has 0 bridgehead atoms. The van der Waals surface area contributed by atoms with E-state index in [-0.39, 0.29) is 11.4 Å². The van der Waals surface area contributed by atoms with E-state index in [2.05, 4.69) is 25.9 Å². The zero-order valence-corrected chi connectivity index (χ0v) is 19.9. The fraction of sp³-hybridized carbons (Fsp3) is 0.217. The van der Waals surface area contributed by atoms with Gasteiger partial charge in [-0.3, -0.25) is 10.1 Å². The number of benzene rings is 2. The van der Waals surface area contributed by atoms with Gasteiger partial charge >= 0.3 is 6.09 Å². The van der Waals surface area contributed by atoms with Crippen molar-refractivity contribution in [2.24, 2.45) is 0 Å². The summed E-state index contributed by atoms with van der Waals surface area (Å²) in [4.78, 5) is 32.8. The summed E-state index contributed by atoms with van der Waals surface area (Å²) in [6.07, 6.45) is 1.49. The second-order valence-corrected chi connectivity index (χ2v) is 10.2. The molecular weight excluding hydrogens is 458 g/mol. The minimum atomic E-state index is -3.73. The van der Waals surface area contributed by atoms with Crippen LogP contribution in [0.4, 0.5) is 27.7 Å². The second-order valence-electron chi connectivity index (χ2n) is 8.34. The minimum absolute atomic E-state index is 0.0155. The lowest BCUT2D eigenvalue weighted by molar-refractivity contribution is 0.0635. The molecule has 178 valence electrons. The van der Waals surface area contributed by atoms with Gasteiger partial charge in [0.15, 0.2) is 0 Å². The summed E-state index contributed by atoms with van der Waals surface area (Å²) < 4.78 is 29.2. The third-order valence-corrected chi connectivity index (χ3v) is 5.01. The molecule has 0 fully saturated rings. The molecule has 2 aromatic carbocycles. The van der Waals surface area contributed by atoms with Crippen molar-refractivity contribution < 1.29 is 22.7 Å².